The van der Waals surface area contributed by atoms with Crippen LogP contribution < -0.4 is 0 Å². The number of hydrogen-bond acceptors (Lipinski definition) is 4. The maximum Gasteiger partial charge on any atom is 0.134 e. The van der Waals surface area contributed by atoms with Gasteiger partial charge < -0.3 is 0 Å². The molecule has 2 unspecified atom stereocenters. The molecule has 2 atom stereocenters. The van der Waals surface area contributed by atoms with E-state index in [1.165, 1.54) is 0 Å². The van der Waals surface area contributed by atoms with E-state index >= 15 is 0 Å². The standard InChI is InChI=1S/C11H15N3O/c1-9-2-3-10(15)8-11(9)14(6-4-12)7-5-13/h9,11H,2-3,6-8H2,1H3. The molecule has 0 aromatic rings. The molecule has 0 spiro atoms. The van der Waals surface area contributed by atoms with Crippen molar-refractivity contribution >= 4 is 5.78 Å². The molecule has 0 N–H and O–H groups in total. The highest BCUT2D eigenvalue weighted by Gasteiger charge is 2.30. The number of rotatable bonds is 3. The number of ketones is 1. The molecule has 1 rings (SSSR count). The van der Waals surface area contributed by atoms with E-state index in [4.69, 9.17) is 10.5 Å². The lowest BCUT2D eigenvalue weighted by Gasteiger charge is -2.35. The average Bonchev–Trinajstić information content (AvgIpc) is 2.21. The fourth-order valence-corrected chi connectivity index (χ4v) is 2.08. The summed E-state index contributed by atoms with van der Waals surface area (Å²) in [6.07, 6.45) is 2.01. The predicted octanol–water partition coefficient (Wildman–Crippen LogP) is 1.09. The van der Waals surface area contributed by atoms with Gasteiger partial charge in [-0.2, -0.15) is 10.5 Å². The number of carbonyl (C=O) groups excluding carboxylic acids is 1. The second-order valence-electron chi connectivity index (χ2n) is 4.05. The maximum atomic E-state index is 11.3. The zero-order valence-corrected chi connectivity index (χ0v) is 8.94. The van der Waals surface area contributed by atoms with Gasteiger partial charge in [0.25, 0.3) is 0 Å². The van der Waals surface area contributed by atoms with Gasteiger partial charge in [-0.1, -0.05) is 6.92 Å². The summed E-state index contributed by atoms with van der Waals surface area (Å²) in [5.41, 5.74) is 0. The molecule has 0 radical (unpaired) electrons. The normalized spacial score (nSPS) is 26.0. The number of nitriles is 2. The monoisotopic (exact) mass is 205 g/mol. The minimum Gasteiger partial charge on any atom is -0.300 e. The summed E-state index contributed by atoms with van der Waals surface area (Å²) in [5, 5.41) is 17.3. The van der Waals surface area contributed by atoms with Crippen LogP contribution in [0.4, 0.5) is 0 Å². The summed E-state index contributed by atoms with van der Waals surface area (Å²) in [5.74, 6) is 0.642. The zero-order valence-electron chi connectivity index (χ0n) is 8.94. The van der Waals surface area contributed by atoms with Crippen molar-refractivity contribution in [1.29, 1.82) is 10.5 Å². The second-order valence-corrected chi connectivity index (χ2v) is 4.05. The first-order valence-corrected chi connectivity index (χ1v) is 5.18. The lowest BCUT2D eigenvalue weighted by Crippen LogP contribution is -2.44. The molecule has 0 aliphatic heterocycles. The molecule has 0 saturated heterocycles. The number of hydrogen-bond donors (Lipinski definition) is 0. The van der Waals surface area contributed by atoms with Crippen molar-refractivity contribution in [3.63, 3.8) is 0 Å². The summed E-state index contributed by atoms with van der Waals surface area (Å²) in [6, 6.07) is 4.17. The first-order chi connectivity index (χ1) is 7.19. The van der Waals surface area contributed by atoms with Crippen LogP contribution in [0.5, 0.6) is 0 Å². The Hall–Kier alpha value is -1.39. The molecule has 4 heteroatoms. The van der Waals surface area contributed by atoms with Crippen molar-refractivity contribution in [2.45, 2.75) is 32.2 Å². The Kier molecular flexibility index (Phi) is 4.27. The SMILES string of the molecule is CC1CCC(=O)CC1N(CC#N)CC#N. The van der Waals surface area contributed by atoms with Gasteiger partial charge in [-0.05, 0) is 12.3 Å². The van der Waals surface area contributed by atoms with Gasteiger partial charge >= 0.3 is 0 Å². The maximum absolute atomic E-state index is 11.3. The Morgan fingerprint density at radius 1 is 1.40 bits per heavy atom. The summed E-state index contributed by atoms with van der Waals surface area (Å²) >= 11 is 0. The van der Waals surface area contributed by atoms with Crippen molar-refractivity contribution in [2.75, 3.05) is 13.1 Å². The Bertz CT molecular complexity index is 297. The van der Waals surface area contributed by atoms with Gasteiger partial charge in [0.1, 0.15) is 5.78 Å². The van der Waals surface area contributed by atoms with E-state index in [9.17, 15) is 4.79 Å². The second kappa shape index (κ2) is 5.48. The third-order valence-corrected chi connectivity index (χ3v) is 2.99. The van der Waals surface area contributed by atoms with Crippen LogP contribution >= 0.6 is 0 Å². The van der Waals surface area contributed by atoms with E-state index in [1.807, 2.05) is 17.0 Å². The number of carbonyl (C=O) groups is 1. The molecule has 1 aliphatic carbocycles. The largest absolute Gasteiger partial charge is 0.300 e. The molecule has 80 valence electrons. The Balaban J connectivity index is 2.68. The molecule has 1 saturated carbocycles. The highest BCUT2D eigenvalue weighted by atomic mass is 16.1. The first kappa shape index (κ1) is 11.7. The van der Waals surface area contributed by atoms with Crippen LogP contribution in [0.1, 0.15) is 26.2 Å². The highest BCUT2D eigenvalue weighted by molar-refractivity contribution is 5.79. The van der Waals surface area contributed by atoms with Crippen LogP contribution in [-0.2, 0) is 4.79 Å². The van der Waals surface area contributed by atoms with E-state index < -0.39 is 0 Å². The van der Waals surface area contributed by atoms with Gasteiger partial charge in [0.2, 0.25) is 0 Å². The fourth-order valence-electron chi connectivity index (χ4n) is 2.08. The Morgan fingerprint density at radius 3 is 2.53 bits per heavy atom. The van der Waals surface area contributed by atoms with Crippen LogP contribution in [0.2, 0.25) is 0 Å². The van der Waals surface area contributed by atoms with Crippen molar-refractivity contribution < 1.29 is 4.79 Å². The van der Waals surface area contributed by atoms with E-state index in [0.29, 0.717) is 18.8 Å². The molecule has 1 fully saturated rings. The van der Waals surface area contributed by atoms with Crippen molar-refractivity contribution in [3.8, 4) is 12.1 Å². The Morgan fingerprint density at radius 2 is 2.00 bits per heavy atom. The number of Topliss-reactive ketones (excluding diaryl/α,β-unsaturated/α-hetero) is 1. The highest BCUT2D eigenvalue weighted by Crippen LogP contribution is 2.25. The molecule has 0 amide bonds. The zero-order chi connectivity index (χ0) is 11.3. The van der Waals surface area contributed by atoms with Gasteiger partial charge in [0.15, 0.2) is 0 Å². The first-order valence-electron chi connectivity index (χ1n) is 5.18. The third kappa shape index (κ3) is 3.04. The van der Waals surface area contributed by atoms with Gasteiger partial charge in [-0.25, -0.2) is 0 Å². The van der Waals surface area contributed by atoms with Gasteiger partial charge in [0.05, 0.1) is 25.2 Å². The summed E-state index contributed by atoms with van der Waals surface area (Å²) in [6.45, 7) is 2.55. The summed E-state index contributed by atoms with van der Waals surface area (Å²) in [4.78, 5) is 13.1. The topological polar surface area (TPSA) is 67.9 Å². The molecule has 0 bridgehead atoms. The minimum absolute atomic E-state index is 0.0746. The lowest BCUT2D eigenvalue weighted by molar-refractivity contribution is -0.123. The van der Waals surface area contributed by atoms with Crippen LogP contribution in [0, 0.1) is 28.6 Å². The van der Waals surface area contributed by atoms with Crippen molar-refractivity contribution in [1.82, 2.24) is 4.90 Å². The van der Waals surface area contributed by atoms with E-state index in [0.717, 1.165) is 6.42 Å². The summed E-state index contributed by atoms with van der Waals surface area (Å²) in [7, 11) is 0. The van der Waals surface area contributed by atoms with Crippen LogP contribution in [0.15, 0.2) is 0 Å². The smallest absolute Gasteiger partial charge is 0.134 e. The van der Waals surface area contributed by atoms with Crippen LogP contribution in [-0.4, -0.2) is 29.8 Å². The molecular formula is C11H15N3O. The molecular weight excluding hydrogens is 190 g/mol. The lowest BCUT2D eigenvalue weighted by atomic mass is 9.84. The molecule has 0 aromatic heterocycles. The quantitative estimate of drug-likeness (QED) is 0.647. The van der Waals surface area contributed by atoms with Gasteiger partial charge in [-0.3, -0.25) is 9.69 Å². The molecule has 0 aromatic carbocycles. The van der Waals surface area contributed by atoms with Crippen LogP contribution in [0.25, 0.3) is 0 Å². The molecule has 1 aliphatic rings. The van der Waals surface area contributed by atoms with Crippen LogP contribution in [0.3, 0.4) is 0 Å². The third-order valence-electron chi connectivity index (χ3n) is 2.99. The van der Waals surface area contributed by atoms with E-state index in [1.54, 1.807) is 0 Å². The molecule has 0 heterocycles. The van der Waals surface area contributed by atoms with Gasteiger partial charge in [-0.15, -0.1) is 0 Å². The average molecular weight is 205 g/mol. The van der Waals surface area contributed by atoms with E-state index in [2.05, 4.69) is 6.92 Å². The number of nitrogens with zero attached hydrogens (tertiary/aromatic N) is 3. The minimum atomic E-state index is 0.0746. The molecule has 15 heavy (non-hydrogen) atoms. The van der Waals surface area contributed by atoms with Crippen molar-refractivity contribution in [3.05, 3.63) is 0 Å². The predicted molar refractivity (Wildman–Crippen MR) is 54.6 cm³/mol. The van der Waals surface area contributed by atoms with E-state index in [-0.39, 0.29) is 24.9 Å². The summed E-state index contributed by atoms with van der Waals surface area (Å²) < 4.78 is 0. The van der Waals surface area contributed by atoms with Crippen molar-refractivity contribution in [2.24, 2.45) is 5.92 Å². The van der Waals surface area contributed by atoms with Gasteiger partial charge in [0, 0.05) is 18.9 Å². The Labute approximate surface area is 90.1 Å². The fraction of sp³-hybridized carbons (Fsp3) is 0.727. The molecule has 4 nitrogen and oxygen atoms in total.